The summed E-state index contributed by atoms with van der Waals surface area (Å²) in [4.78, 5) is 11.5. The zero-order chi connectivity index (χ0) is 14.9. The summed E-state index contributed by atoms with van der Waals surface area (Å²) in [6, 6.07) is 18.8. The Labute approximate surface area is 129 Å². The van der Waals surface area contributed by atoms with E-state index in [9.17, 15) is 9.18 Å². The van der Waals surface area contributed by atoms with Gasteiger partial charge in [-0.05, 0) is 0 Å². The van der Waals surface area contributed by atoms with Crippen molar-refractivity contribution in [2.75, 3.05) is 6.61 Å². The van der Waals surface area contributed by atoms with Crippen LogP contribution in [0.4, 0.5) is 4.39 Å². The van der Waals surface area contributed by atoms with Gasteiger partial charge in [0.2, 0.25) is 0 Å². The van der Waals surface area contributed by atoms with Crippen molar-refractivity contribution in [2.45, 2.75) is 5.07 Å². The third kappa shape index (κ3) is 5.54. The van der Waals surface area contributed by atoms with Gasteiger partial charge in [-0.2, -0.15) is 0 Å². The van der Waals surface area contributed by atoms with Gasteiger partial charge in [0.25, 0.3) is 0 Å². The second kappa shape index (κ2) is 8.40. The van der Waals surface area contributed by atoms with Crippen LogP contribution in [0.1, 0.15) is 5.56 Å². The van der Waals surface area contributed by atoms with Gasteiger partial charge < -0.3 is 0 Å². The van der Waals surface area contributed by atoms with Crippen molar-refractivity contribution in [1.82, 2.24) is 0 Å². The number of hydrogen-bond donors (Lipinski definition) is 0. The van der Waals surface area contributed by atoms with E-state index in [0.717, 1.165) is 10.0 Å². The predicted octanol–water partition coefficient (Wildman–Crippen LogP) is 2.57. The number of esters is 1. The molecule has 1 atom stereocenters. The van der Waals surface area contributed by atoms with E-state index in [4.69, 9.17) is 4.74 Å². The van der Waals surface area contributed by atoms with E-state index in [-0.39, 0.29) is 6.61 Å². The van der Waals surface area contributed by atoms with E-state index in [1.54, 1.807) is 6.08 Å². The van der Waals surface area contributed by atoms with Crippen molar-refractivity contribution in [3.8, 4) is 0 Å². The van der Waals surface area contributed by atoms with Crippen LogP contribution in [-0.2, 0) is 9.53 Å². The van der Waals surface area contributed by atoms with Gasteiger partial charge in [0, 0.05) is 0 Å². The average molecular weight is 349 g/mol. The summed E-state index contributed by atoms with van der Waals surface area (Å²) in [5.41, 5.74) is 1.01. The minimum atomic E-state index is -1.56. The quantitative estimate of drug-likeness (QED) is 0.592. The summed E-state index contributed by atoms with van der Waals surface area (Å²) in [6.45, 7) is 0.0824. The molecule has 0 radical (unpaired) electrons. The molecule has 0 N–H and O–H groups in total. The van der Waals surface area contributed by atoms with Crippen LogP contribution in [0.2, 0.25) is 0 Å². The number of ether oxygens (including phenoxy) is 1. The Hall–Kier alpha value is -1.90. The van der Waals surface area contributed by atoms with E-state index in [0.29, 0.717) is 0 Å². The molecule has 2 aromatic carbocycles. The summed E-state index contributed by atoms with van der Waals surface area (Å²) in [7, 11) is 0. The number of carbonyl (C=O) groups is 1. The molecule has 108 valence electrons. The first-order valence-electron chi connectivity index (χ1n) is 6.50. The summed E-state index contributed by atoms with van der Waals surface area (Å²) in [6.07, 6.45) is 3.54. The second-order valence-electron chi connectivity index (χ2n) is 4.19. The summed E-state index contributed by atoms with van der Waals surface area (Å²) < 4.78 is 19.5. The number of alkyl halides is 1. The topological polar surface area (TPSA) is 26.3 Å². The number of carbonyl (C=O) groups excluding carboxylic acids is 1. The first kappa shape index (κ1) is 15.5. The Morgan fingerprint density at radius 1 is 1.10 bits per heavy atom. The molecule has 0 spiro atoms. The van der Waals surface area contributed by atoms with E-state index >= 15 is 0 Å². The fourth-order valence-electron chi connectivity index (χ4n) is 1.61. The van der Waals surface area contributed by atoms with Crippen LogP contribution in [0, 0.1) is 0 Å². The van der Waals surface area contributed by atoms with Crippen molar-refractivity contribution in [1.29, 1.82) is 0 Å². The molecule has 0 aliphatic carbocycles. The van der Waals surface area contributed by atoms with Crippen LogP contribution in [0.3, 0.4) is 0 Å². The SMILES string of the molecule is O=C(OC/C=C/c1ccccc1)C(F)[Se]c1ccccc1. The van der Waals surface area contributed by atoms with Crippen LogP contribution in [0.5, 0.6) is 0 Å². The Morgan fingerprint density at radius 2 is 1.71 bits per heavy atom. The molecule has 0 aliphatic heterocycles. The molecular weight excluding hydrogens is 334 g/mol. The maximum atomic E-state index is 13.8. The van der Waals surface area contributed by atoms with E-state index in [2.05, 4.69) is 0 Å². The van der Waals surface area contributed by atoms with Crippen LogP contribution in [-0.4, -0.2) is 32.6 Å². The molecule has 0 aliphatic rings. The molecule has 0 fully saturated rings. The van der Waals surface area contributed by atoms with Gasteiger partial charge in [0.1, 0.15) is 0 Å². The molecule has 4 heteroatoms. The van der Waals surface area contributed by atoms with Gasteiger partial charge in [-0.25, -0.2) is 0 Å². The molecule has 2 nitrogen and oxygen atoms in total. The van der Waals surface area contributed by atoms with Crippen molar-refractivity contribution in [2.24, 2.45) is 0 Å². The zero-order valence-electron chi connectivity index (χ0n) is 11.3. The molecule has 0 saturated heterocycles. The van der Waals surface area contributed by atoms with Gasteiger partial charge in [-0.3, -0.25) is 0 Å². The van der Waals surface area contributed by atoms with Crippen molar-refractivity contribution in [3.05, 3.63) is 72.3 Å². The fourth-order valence-corrected chi connectivity index (χ4v) is 3.12. The Morgan fingerprint density at radius 3 is 2.38 bits per heavy atom. The molecule has 2 rings (SSSR count). The maximum absolute atomic E-state index is 13.8. The van der Waals surface area contributed by atoms with Crippen molar-refractivity contribution in [3.63, 3.8) is 0 Å². The second-order valence-corrected chi connectivity index (χ2v) is 6.54. The molecule has 0 saturated carbocycles. The van der Waals surface area contributed by atoms with E-state index in [1.807, 2.05) is 66.7 Å². The molecule has 1 unspecified atom stereocenters. The van der Waals surface area contributed by atoms with Gasteiger partial charge in [0.15, 0.2) is 0 Å². The van der Waals surface area contributed by atoms with Crippen LogP contribution >= 0.6 is 0 Å². The number of benzene rings is 2. The summed E-state index contributed by atoms with van der Waals surface area (Å²) in [5, 5.41) is -1.56. The Balaban J connectivity index is 1.75. The Kier molecular flexibility index (Phi) is 6.20. The van der Waals surface area contributed by atoms with Crippen molar-refractivity contribution >= 4 is 31.5 Å². The molecule has 2 aromatic rings. The van der Waals surface area contributed by atoms with Crippen molar-refractivity contribution < 1.29 is 13.9 Å². The molecule has 0 aromatic heterocycles. The number of hydrogen-bond acceptors (Lipinski definition) is 2. The molecule has 0 amide bonds. The minimum absolute atomic E-state index is 0.0824. The van der Waals surface area contributed by atoms with Crippen LogP contribution in [0.15, 0.2) is 66.7 Å². The molecule has 0 heterocycles. The number of halogens is 1. The normalized spacial score (nSPS) is 12.2. The third-order valence-electron chi connectivity index (χ3n) is 2.60. The van der Waals surface area contributed by atoms with Crippen LogP contribution in [0.25, 0.3) is 6.08 Å². The number of rotatable bonds is 6. The van der Waals surface area contributed by atoms with Crippen LogP contribution < -0.4 is 4.46 Å². The van der Waals surface area contributed by atoms with E-state index in [1.165, 1.54) is 0 Å². The standard InChI is InChI=1S/C17H15FO2Se/c18-16(21-15-11-5-2-6-12-15)17(19)20-13-7-10-14-8-3-1-4-9-14/h1-12,16H,13H2/b10-7+. The third-order valence-corrected chi connectivity index (χ3v) is 4.58. The summed E-state index contributed by atoms with van der Waals surface area (Å²) in [5.74, 6) is -0.795. The molecule has 0 bridgehead atoms. The van der Waals surface area contributed by atoms with Gasteiger partial charge in [0.05, 0.1) is 0 Å². The summed E-state index contributed by atoms with van der Waals surface area (Å²) >= 11 is -0.554. The first-order chi connectivity index (χ1) is 10.3. The Bertz CT molecular complexity index is 584. The first-order valence-corrected chi connectivity index (χ1v) is 8.34. The zero-order valence-corrected chi connectivity index (χ0v) is 13.0. The monoisotopic (exact) mass is 350 g/mol. The van der Waals surface area contributed by atoms with Gasteiger partial charge in [-0.15, -0.1) is 0 Å². The fraction of sp³-hybridized carbons (Fsp3) is 0.118. The molecule has 21 heavy (non-hydrogen) atoms. The predicted molar refractivity (Wildman–Crippen MR) is 83.2 cm³/mol. The van der Waals surface area contributed by atoms with E-state index < -0.39 is 26.0 Å². The van der Waals surface area contributed by atoms with Gasteiger partial charge >= 0.3 is 129 Å². The molecular formula is C17H15FO2Se. The average Bonchev–Trinajstić information content (AvgIpc) is 2.53. The van der Waals surface area contributed by atoms with Gasteiger partial charge in [-0.1, -0.05) is 0 Å².